The predicted octanol–water partition coefficient (Wildman–Crippen LogP) is 5.14. The van der Waals surface area contributed by atoms with E-state index in [1.54, 1.807) is 0 Å². The number of nitrogens with one attached hydrogen (secondary N) is 2. The second kappa shape index (κ2) is 6.87. The largest absolute Gasteiger partial charge is 0.392 e. The van der Waals surface area contributed by atoms with E-state index in [-0.39, 0.29) is 6.61 Å². The Kier molecular flexibility index (Phi) is 4.18. The van der Waals surface area contributed by atoms with Crippen LogP contribution in [0.4, 0.5) is 0 Å². The van der Waals surface area contributed by atoms with Crippen LogP contribution in [0.2, 0.25) is 0 Å². The highest BCUT2D eigenvalue weighted by Crippen LogP contribution is 2.33. The monoisotopic (exact) mass is 382 g/mol. The van der Waals surface area contributed by atoms with Crippen LogP contribution in [0, 0.1) is 6.92 Å². The number of aryl methyl sites for hydroxylation is 1. The molecule has 144 valence electrons. The van der Waals surface area contributed by atoms with Gasteiger partial charge in [-0.2, -0.15) is 5.10 Å². The number of rotatable bonds is 4. The predicted molar refractivity (Wildman–Crippen MR) is 117 cm³/mol. The second-order valence-corrected chi connectivity index (χ2v) is 7.37. The molecule has 29 heavy (non-hydrogen) atoms. The average Bonchev–Trinajstić information content (AvgIpc) is 3.37. The SMILES string of the molecule is CCc1cc(CO)c(C)c(-c2ccc3[nH]nc(-c4nc5ccccc5[nH]4)c3c2)c1. The fraction of sp³-hybridized carbons (Fsp3) is 0.167. The van der Waals surface area contributed by atoms with Gasteiger partial charge in [-0.3, -0.25) is 5.10 Å². The van der Waals surface area contributed by atoms with Crippen molar-refractivity contribution in [3.8, 4) is 22.6 Å². The lowest BCUT2D eigenvalue weighted by atomic mass is 9.92. The van der Waals surface area contributed by atoms with Crippen molar-refractivity contribution in [2.24, 2.45) is 0 Å². The molecule has 0 spiro atoms. The normalized spacial score (nSPS) is 11.6. The molecule has 5 rings (SSSR count). The maximum Gasteiger partial charge on any atom is 0.159 e. The van der Waals surface area contributed by atoms with Crippen molar-refractivity contribution in [2.75, 3.05) is 0 Å². The smallest absolute Gasteiger partial charge is 0.159 e. The zero-order valence-electron chi connectivity index (χ0n) is 16.5. The van der Waals surface area contributed by atoms with Gasteiger partial charge in [-0.05, 0) is 65.4 Å². The van der Waals surface area contributed by atoms with Crippen molar-refractivity contribution >= 4 is 21.9 Å². The standard InChI is InChI=1S/C24H22N4O/c1-3-15-10-17(13-29)14(2)18(11-15)16-8-9-20-19(12-16)23(28-27-20)24-25-21-6-4-5-7-22(21)26-24/h4-12,29H,3,13H2,1-2H3,(H,25,26)(H,27,28). The zero-order chi connectivity index (χ0) is 20.0. The molecule has 0 aliphatic rings. The van der Waals surface area contributed by atoms with Crippen molar-refractivity contribution in [3.63, 3.8) is 0 Å². The molecular weight excluding hydrogens is 360 g/mol. The molecule has 5 heteroatoms. The molecule has 0 fully saturated rings. The molecule has 5 aromatic rings. The molecule has 0 unspecified atom stereocenters. The molecule has 0 bridgehead atoms. The maximum absolute atomic E-state index is 9.78. The Morgan fingerprint density at radius 2 is 1.86 bits per heavy atom. The van der Waals surface area contributed by atoms with Gasteiger partial charge in [0.15, 0.2) is 5.82 Å². The first kappa shape index (κ1) is 17.6. The van der Waals surface area contributed by atoms with Crippen LogP contribution in [-0.2, 0) is 13.0 Å². The van der Waals surface area contributed by atoms with Gasteiger partial charge in [-0.25, -0.2) is 4.98 Å². The lowest BCUT2D eigenvalue weighted by molar-refractivity contribution is 0.281. The van der Waals surface area contributed by atoms with Gasteiger partial charge in [-0.15, -0.1) is 0 Å². The summed E-state index contributed by atoms with van der Waals surface area (Å²) in [6, 6.07) is 18.6. The van der Waals surface area contributed by atoms with Crippen molar-refractivity contribution < 1.29 is 5.11 Å². The van der Waals surface area contributed by atoms with E-state index < -0.39 is 0 Å². The van der Waals surface area contributed by atoms with E-state index in [1.807, 2.05) is 24.3 Å². The number of nitrogens with zero attached hydrogens (tertiary/aromatic N) is 2. The summed E-state index contributed by atoms with van der Waals surface area (Å²) < 4.78 is 0. The van der Waals surface area contributed by atoms with Gasteiger partial charge < -0.3 is 10.1 Å². The minimum atomic E-state index is 0.0465. The molecule has 0 aliphatic carbocycles. The summed E-state index contributed by atoms with van der Waals surface area (Å²) in [5.41, 5.74) is 9.26. The number of fused-ring (bicyclic) bond motifs is 2. The number of aromatic amines is 2. The summed E-state index contributed by atoms with van der Waals surface area (Å²) in [4.78, 5) is 8.08. The topological polar surface area (TPSA) is 77.6 Å². The van der Waals surface area contributed by atoms with Gasteiger partial charge in [0.2, 0.25) is 0 Å². The third-order valence-electron chi connectivity index (χ3n) is 5.64. The van der Waals surface area contributed by atoms with Crippen LogP contribution in [0.15, 0.2) is 54.6 Å². The maximum atomic E-state index is 9.78. The van der Waals surface area contributed by atoms with Gasteiger partial charge >= 0.3 is 0 Å². The fourth-order valence-corrected chi connectivity index (χ4v) is 3.94. The van der Waals surface area contributed by atoms with Gasteiger partial charge in [0, 0.05) is 5.39 Å². The Hall–Kier alpha value is -3.44. The number of aliphatic hydroxyl groups is 1. The second-order valence-electron chi connectivity index (χ2n) is 7.37. The number of hydrogen-bond acceptors (Lipinski definition) is 3. The van der Waals surface area contributed by atoms with Gasteiger partial charge in [-0.1, -0.05) is 37.3 Å². The van der Waals surface area contributed by atoms with Crippen LogP contribution in [0.5, 0.6) is 0 Å². The Morgan fingerprint density at radius 1 is 1.00 bits per heavy atom. The van der Waals surface area contributed by atoms with Crippen LogP contribution < -0.4 is 0 Å². The summed E-state index contributed by atoms with van der Waals surface area (Å²) in [6.45, 7) is 4.25. The zero-order valence-corrected chi connectivity index (χ0v) is 16.5. The van der Waals surface area contributed by atoms with E-state index in [4.69, 9.17) is 4.98 Å². The number of hydrogen-bond donors (Lipinski definition) is 3. The Morgan fingerprint density at radius 3 is 2.66 bits per heavy atom. The van der Waals surface area contributed by atoms with Crippen LogP contribution in [0.3, 0.4) is 0 Å². The fourth-order valence-electron chi connectivity index (χ4n) is 3.94. The van der Waals surface area contributed by atoms with Crippen LogP contribution in [0.25, 0.3) is 44.6 Å². The van der Waals surface area contributed by atoms with Crippen molar-refractivity contribution in [1.82, 2.24) is 20.2 Å². The molecule has 3 aromatic carbocycles. The Balaban J connectivity index is 1.69. The third kappa shape index (κ3) is 2.91. The first-order chi connectivity index (χ1) is 14.2. The van der Waals surface area contributed by atoms with Gasteiger partial charge in [0.25, 0.3) is 0 Å². The molecule has 0 amide bonds. The molecule has 0 radical (unpaired) electrons. The van der Waals surface area contributed by atoms with Crippen LogP contribution >= 0.6 is 0 Å². The number of aromatic nitrogens is 4. The van der Waals surface area contributed by atoms with Crippen LogP contribution in [0.1, 0.15) is 23.6 Å². The average molecular weight is 382 g/mol. The van der Waals surface area contributed by atoms with Crippen LogP contribution in [-0.4, -0.2) is 25.3 Å². The van der Waals surface area contributed by atoms with Crippen molar-refractivity contribution in [3.05, 3.63) is 71.3 Å². The van der Waals surface area contributed by atoms with E-state index in [0.29, 0.717) is 0 Å². The third-order valence-corrected chi connectivity index (χ3v) is 5.64. The molecule has 2 aromatic heterocycles. The van der Waals surface area contributed by atoms with Crippen molar-refractivity contribution in [2.45, 2.75) is 26.9 Å². The molecule has 0 aliphatic heterocycles. The number of para-hydroxylation sites is 2. The number of aliphatic hydroxyl groups excluding tert-OH is 1. The molecule has 0 saturated heterocycles. The molecule has 3 N–H and O–H groups in total. The summed E-state index contributed by atoms with van der Waals surface area (Å²) in [5, 5.41) is 18.5. The first-order valence-corrected chi connectivity index (χ1v) is 9.84. The van der Waals surface area contributed by atoms with E-state index in [9.17, 15) is 5.11 Å². The number of H-pyrrole nitrogens is 2. The number of imidazole rings is 1. The lowest BCUT2D eigenvalue weighted by Crippen LogP contribution is -1.96. The van der Waals surface area contributed by atoms with E-state index in [0.717, 1.165) is 62.1 Å². The van der Waals surface area contributed by atoms with E-state index in [1.165, 1.54) is 5.56 Å². The summed E-state index contributed by atoms with van der Waals surface area (Å²) in [5.74, 6) is 0.754. The van der Waals surface area contributed by atoms with Gasteiger partial charge in [0.05, 0.1) is 23.2 Å². The minimum Gasteiger partial charge on any atom is -0.392 e. The highest BCUT2D eigenvalue weighted by atomic mass is 16.3. The Bertz CT molecular complexity index is 1310. The van der Waals surface area contributed by atoms with Gasteiger partial charge in [0.1, 0.15) is 5.69 Å². The van der Waals surface area contributed by atoms with Crippen molar-refractivity contribution in [1.29, 1.82) is 0 Å². The number of benzene rings is 3. The molecule has 2 heterocycles. The van der Waals surface area contributed by atoms with E-state index in [2.05, 4.69) is 59.4 Å². The highest BCUT2D eigenvalue weighted by molar-refractivity contribution is 5.96. The molecular formula is C24H22N4O. The first-order valence-electron chi connectivity index (χ1n) is 9.84. The highest BCUT2D eigenvalue weighted by Gasteiger charge is 2.15. The summed E-state index contributed by atoms with van der Waals surface area (Å²) in [7, 11) is 0. The van der Waals surface area contributed by atoms with E-state index >= 15 is 0 Å². The quantitative estimate of drug-likeness (QED) is 0.403. The summed E-state index contributed by atoms with van der Waals surface area (Å²) in [6.07, 6.45) is 0.929. The molecule has 5 nitrogen and oxygen atoms in total. The Labute approximate surface area is 168 Å². The molecule has 0 saturated carbocycles. The molecule has 0 atom stereocenters. The summed E-state index contributed by atoms with van der Waals surface area (Å²) >= 11 is 0. The lowest BCUT2D eigenvalue weighted by Gasteiger charge is -2.13. The minimum absolute atomic E-state index is 0.0465.